The first-order valence-electron chi connectivity index (χ1n) is 8.76. The lowest BCUT2D eigenvalue weighted by Gasteiger charge is -2.32. The van der Waals surface area contributed by atoms with Gasteiger partial charge >= 0.3 is 6.03 Å². The smallest absolute Gasteiger partial charge is 0.321 e. The highest BCUT2D eigenvalue weighted by atomic mass is 16.5. The zero-order chi connectivity index (χ0) is 17.8. The van der Waals surface area contributed by atoms with Crippen molar-refractivity contribution in [1.29, 1.82) is 0 Å². The molecule has 1 saturated heterocycles. The number of amides is 2. The first-order valence-corrected chi connectivity index (χ1v) is 8.76. The molecular formula is C19H26N4O2. The number of benzene rings is 1. The van der Waals surface area contributed by atoms with Gasteiger partial charge in [0.2, 0.25) is 0 Å². The molecule has 1 aliphatic rings. The first-order chi connectivity index (χ1) is 12.1. The molecule has 25 heavy (non-hydrogen) atoms. The van der Waals surface area contributed by atoms with Crippen molar-refractivity contribution in [2.75, 3.05) is 25.5 Å². The number of carbonyl (C=O) groups is 1. The van der Waals surface area contributed by atoms with Gasteiger partial charge < -0.3 is 15.0 Å². The van der Waals surface area contributed by atoms with E-state index in [9.17, 15) is 4.79 Å². The maximum absolute atomic E-state index is 12.6. The first kappa shape index (κ1) is 17.3. The number of hydrogen-bond acceptors (Lipinski definition) is 3. The summed E-state index contributed by atoms with van der Waals surface area (Å²) in [5, 5.41) is 7.30. The van der Waals surface area contributed by atoms with E-state index >= 15 is 0 Å². The Balaban J connectivity index is 1.56. The molecule has 2 heterocycles. The molecule has 1 aromatic heterocycles. The number of carbonyl (C=O) groups excluding carboxylic acids is 1. The summed E-state index contributed by atoms with van der Waals surface area (Å²) >= 11 is 0. The lowest BCUT2D eigenvalue weighted by molar-refractivity contribution is 0.175. The summed E-state index contributed by atoms with van der Waals surface area (Å²) < 4.78 is 7.41. The van der Waals surface area contributed by atoms with Crippen LogP contribution in [0.2, 0.25) is 0 Å². The Bertz CT molecular complexity index is 719. The predicted molar refractivity (Wildman–Crippen MR) is 98.0 cm³/mol. The van der Waals surface area contributed by atoms with Gasteiger partial charge in [-0.1, -0.05) is 6.07 Å². The molecular weight excluding hydrogens is 316 g/mol. The van der Waals surface area contributed by atoms with Crippen molar-refractivity contribution >= 4 is 11.7 Å². The van der Waals surface area contributed by atoms with Crippen LogP contribution in [-0.2, 0) is 6.54 Å². The van der Waals surface area contributed by atoms with Gasteiger partial charge in [0, 0.05) is 43.3 Å². The molecule has 1 fully saturated rings. The Morgan fingerprint density at radius 2 is 2.08 bits per heavy atom. The van der Waals surface area contributed by atoms with E-state index in [4.69, 9.17) is 4.74 Å². The highest BCUT2D eigenvalue weighted by molar-refractivity contribution is 5.90. The topological polar surface area (TPSA) is 59.4 Å². The average molecular weight is 342 g/mol. The second-order valence-electron chi connectivity index (χ2n) is 6.68. The minimum atomic E-state index is -0.0356. The van der Waals surface area contributed by atoms with Crippen molar-refractivity contribution in [3.05, 3.63) is 41.7 Å². The van der Waals surface area contributed by atoms with Crippen LogP contribution in [0.4, 0.5) is 10.5 Å². The Labute approximate surface area is 148 Å². The minimum Gasteiger partial charge on any atom is -0.496 e. The molecule has 0 spiro atoms. The third kappa shape index (κ3) is 3.95. The van der Waals surface area contributed by atoms with Gasteiger partial charge in [-0.05, 0) is 50.3 Å². The van der Waals surface area contributed by atoms with Crippen molar-refractivity contribution in [2.45, 2.75) is 33.2 Å². The fourth-order valence-corrected chi connectivity index (χ4v) is 3.46. The zero-order valence-electron chi connectivity index (χ0n) is 15.2. The Morgan fingerprint density at radius 3 is 2.72 bits per heavy atom. The highest BCUT2D eigenvalue weighted by Gasteiger charge is 2.23. The lowest BCUT2D eigenvalue weighted by atomic mass is 9.97. The second-order valence-corrected chi connectivity index (χ2v) is 6.68. The normalized spacial score (nSPS) is 15.2. The third-order valence-corrected chi connectivity index (χ3v) is 4.95. The van der Waals surface area contributed by atoms with Gasteiger partial charge in [0.1, 0.15) is 5.75 Å². The van der Waals surface area contributed by atoms with E-state index in [0.717, 1.165) is 55.0 Å². The molecule has 6 heteroatoms. The van der Waals surface area contributed by atoms with Gasteiger partial charge in [-0.3, -0.25) is 4.68 Å². The van der Waals surface area contributed by atoms with Gasteiger partial charge in [-0.2, -0.15) is 5.10 Å². The van der Waals surface area contributed by atoms with E-state index in [-0.39, 0.29) is 6.03 Å². The van der Waals surface area contributed by atoms with Crippen LogP contribution in [0.3, 0.4) is 0 Å². The summed E-state index contributed by atoms with van der Waals surface area (Å²) in [7, 11) is 1.66. The van der Waals surface area contributed by atoms with Crippen molar-refractivity contribution in [1.82, 2.24) is 14.7 Å². The summed E-state index contributed by atoms with van der Waals surface area (Å²) in [6.45, 7) is 6.45. The molecule has 0 aliphatic carbocycles. The summed E-state index contributed by atoms with van der Waals surface area (Å²) in [6, 6.07) is 5.82. The molecule has 0 saturated carbocycles. The number of ether oxygens (including phenoxy) is 1. The fourth-order valence-electron chi connectivity index (χ4n) is 3.46. The molecule has 2 amide bonds. The number of piperidine rings is 1. The molecule has 0 atom stereocenters. The maximum atomic E-state index is 12.6. The van der Waals surface area contributed by atoms with Gasteiger partial charge in [0.25, 0.3) is 0 Å². The second kappa shape index (κ2) is 7.59. The Kier molecular flexibility index (Phi) is 5.26. The largest absolute Gasteiger partial charge is 0.496 e. The monoisotopic (exact) mass is 342 g/mol. The number of likely N-dealkylation sites (tertiary alicyclic amines) is 1. The fraction of sp³-hybridized carbons (Fsp3) is 0.474. The van der Waals surface area contributed by atoms with Crippen LogP contribution in [0.1, 0.15) is 24.0 Å². The highest BCUT2D eigenvalue weighted by Crippen LogP contribution is 2.29. The van der Waals surface area contributed by atoms with Crippen LogP contribution < -0.4 is 10.1 Å². The van der Waals surface area contributed by atoms with Gasteiger partial charge in [-0.15, -0.1) is 0 Å². The van der Waals surface area contributed by atoms with E-state index in [1.54, 1.807) is 13.3 Å². The molecule has 0 bridgehead atoms. The van der Waals surface area contributed by atoms with Crippen LogP contribution in [0.5, 0.6) is 5.75 Å². The SMILES string of the molecule is COc1c(C)ccc(NC(=O)N2CCC(Cn3cccn3)CC2)c1C. The van der Waals surface area contributed by atoms with Crippen molar-refractivity contribution in [3.8, 4) is 5.75 Å². The molecule has 2 aromatic rings. The van der Waals surface area contributed by atoms with E-state index in [0.29, 0.717) is 5.92 Å². The van der Waals surface area contributed by atoms with Crippen LogP contribution >= 0.6 is 0 Å². The number of hydrogen-bond donors (Lipinski definition) is 1. The van der Waals surface area contributed by atoms with Crippen LogP contribution in [0.15, 0.2) is 30.6 Å². The summed E-state index contributed by atoms with van der Waals surface area (Å²) in [5.74, 6) is 1.40. The molecule has 1 aromatic carbocycles. The predicted octanol–water partition coefficient (Wildman–Crippen LogP) is 3.45. The summed E-state index contributed by atoms with van der Waals surface area (Å²) in [5.41, 5.74) is 2.84. The van der Waals surface area contributed by atoms with Gasteiger partial charge in [0.15, 0.2) is 0 Å². The molecule has 1 aliphatic heterocycles. The van der Waals surface area contributed by atoms with Crippen LogP contribution in [0.25, 0.3) is 0 Å². The van der Waals surface area contributed by atoms with Crippen LogP contribution in [-0.4, -0.2) is 40.9 Å². The zero-order valence-corrected chi connectivity index (χ0v) is 15.2. The van der Waals surface area contributed by atoms with Crippen molar-refractivity contribution in [3.63, 3.8) is 0 Å². The van der Waals surface area contributed by atoms with Crippen molar-refractivity contribution < 1.29 is 9.53 Å². The summed E-state index contributed by atoms with van der Waals surface area (Å²) in [4.78, 5) is 14.5. The van der Waals surface area contributed by atoms with E-state index in [1.165, 1.54) is 0 Å². The lowest BCUT2D eigenvalue weighted by Crippen LogP contribution is -2.41. The number of aryl methyl sites for hydroxylation is 1. The number of methoxy groups -OCH3 is 1. The van der Waals surface area contributed by atoms with Crippen molar-refractivity contribution in [2.24, 2.45) is 5.92 Å². The third-order valence-electron chi connectivity index (χ3n) is 4.95. The number of urea groups is 1. The minimum absolute atomic E-state index is 0.0356. The number of aromatic nitrogens is 2. The quantitative estimate of drug-likeness (QED) is 0.926. The molecule has 134 valence electrons. The number of rotatable bonds is 4. The Hall–Kier alpha value is -2.50. The van der Waals surface area contributed by atoms with Gasteiger partial charge in [-0.25, -0.2) is 4.79 Å². The molecule has 6 nitrogen and oxygen atoms in total. The number of anilines is 1. The average Bonchev–Trinajstić information content (AvgIpc) is 3.11. The summed E-state index contributed by atoms with van der Waals surface area (Å²) in [6.07, 6.45) is 5.81. The Morgan fingerprint density at radius 1 is 1.32 bits per heavy atom. The standard InChI is InChI=1S/C19H26N4O2/c1-14-5-6-17(15(2)18(14)25-3)21-19(24)22-11-7-16(8-12-22)13-23-10-4-9-20-23/h4-6,9-10,16H,7-8,11-13H2,1-3H3,(H,21,24). The molecule has 3 rings (SSSR count). The van der Waals surface area contributed by atoms with E-state index < -0.39 is 0 Å². The molecule has 0 unspecified atom stereocenters. The van der Waals surface area contributed by atoms with E-state index in [2.05, 4.69) is 10.4 Å². The number of nitrogens with one attached hydrogen (secondary N) is 1. The van der Waals surface area contributed by atoms with Gasteiger partial charge in [0.05, 0.1) is 7.11 Å². The van der Waals surface area contributed by atoms with Crippen LogP contribution in [0, 0.1) is 19.8 Å². The number of nitrogens with zero attached hydrogens (tertiary/aromatic N) is 3. The maximum Gasteiger partial charge on any atom is 0.321 e. The van der Waals surface area contributed by atoms with E-state index in [1.807, 2.05) is 47.8 Å². The molecule has 1 N–H and O–H groups in total. The molecule has 0 radical (unpaired) electrons.